The Bertz CT molecular complexity index is 1690. The molecule has 2 atom stereocenters. The van der Waals surface area contributed by atoms with Gasteiger partial charge in [0.1, 0.15) is 30.8 Å². The van der Waals surface area contributed by atoms with Crippen LogP contribution in [0.15, 0.2) is 50.0 Å². The fourth-order valence-corrected chi connectivity index (χ4v) is 8.60. The summed E-state index contributed by atoms with van der Waals surface area (Å²) in [5.74, 6) is -2.84. The number of aromatic nitrogens is 4. The molecule has 2 aliphatic rings. The normalized spacial score (nSPS) is 18.7. The lowest BCUT2D eigenvalue weighted by Crippen LogP contribution is -2.71. The van der Waals surface area contributed by atoms with Gasteiger partial charge < -0.3 is 25.0 Å². The number of thioether (sulfide) groups is 2. The maximum Gasteiger partial charge on any atom is 0.429 e. The van der Waals surface area contributed by atoms with Crippen molar-refractivity contribution >= 4 is 82.8 Å². The lowest BCUT2D eigenvalue weighted by Gasteiger charge is -2.49. The molecule has 5 heterocycles. The van der Waals surface area contributed by atoms with Crippen LogP contribution in [0, 0.1) is 0 Å². The predicted octanol–water partition coefficient (Wildman–Crippen LogP) is 1.22. The number of aryl methyl sites for hydroxylation is 1. The number of carbonyl (C=O) groups is 3. The summed E-state index contributed by atoms with van der Waals surface area (Å²) in [5, 5.41) is 19.0. The Kier molecular flexibility index (Phi) is 9.16. The fourth-order valence-electron chi connectivity index (χ4n) is 3.90. The van der Waals surface area contributed by atoms with Crippen molar-refractivity contribution in [2.75, 3.05) is 17.4 Å². The number of aliphatic carboxylic acids is 1. The third-order valence-corrected chi connectivity index (χ3v) is 10.5. The number of carboxylic acid groups (broad SMARTS) is 1. The van der Waals surface area contributed by atoms with E-state index in [0.29, 0.717) is 20.8 Å². The van der Waals surface area contributed by atoms with Crippen LogP contribution < -0.4 is 15.0 Å². The van der Waals surface area contributed by atoms with E-state index in [9.17, 15) is 24.1 Å². The third kappa shape index (κ3) is 6.90. The van der Waals surface area contributed by atoms with Crippen LogP contribution in [0.4, 0.5) is 5.13 Å². The van der Waals surface area contributed by atoms with Crippen molar-refractivity contribution in [2.24, 2.45) is 12.2 Å². The topological polar surface area (TPSA) is 220 Å². The van der Waals surface area contributed by atoms with Crippen LogP contribution in [0.5, 0.6) is 0 Å². The first-order valence-corrected chi connectivity index (χ1v) is 17.3. The maximum absolute atomic E-state index is 13.2. The van der Waals surface area contributed by atoms with E-state index in [1.165, 1.54) is 34.9 Å². The Morgan fingerprint density at radius 2 is 2.05 bits per heavy atom. The summed E-state index contributed by atoms with van der Waals surface area (Å²) in [5.41, 5.74) is 1.06. The summed E-state index contributed by atoms with van der Waals surface area (Å²) in [6.07, 6.45) is 3.80. The van der Waals surface area contributed by atoms with Gasteiger partial charge in [0.25, 0.3) is 11.8 Å². The van der Waals surface area contributed by atoms with Crippen LogP contribution in [0.2, 0.25) is 0 Å². The molecule has 21 heteroatoms. The van der Waals surface area contributed by atoms with Crippen LogP contribution in [0.1, 0.15) is 12.7 Å². The number of thiazole rings is 1. The van der Waals surface area contributed by atoms with E-state index in [-0.39, 0.29) is 29.0 Å². The highest BCUT2D eigenvalue weighted by molar-refractivity contribution is 8.07. The van der Waals surface area contributed by atoms with Crippen molar-refractivity contribution in [3.05, 3.63) is 46.3 Å². The highest BCUT2D eigenvalue weighted by atomic mass is 32.2. The molecule has 16 nitrogen and oxygen atoms in total. The second-order valence-corrected chi connectivity index (χ2v) is 14.1. The first-order valence-electron chi connectivity index (χ1n) is 12.1. The number of nitrogens with zero attached hydrogens (tertiary/aromatic N) is 6. The van der Waals surface area contributed by atoms with E-state index in [1.54, 1.807) is 6.92 Å². The number of hydrogen-bond donors (Lipinski definition) is 5. The van der Waals surface area contributed by atoms with E-state index in [1.807, 2.05) is 46.6 Å². The molecule has 0 aromatic carbocycles. The number of anilines is 1. The second-order valence-electron chi connectivity index (χ2n) is 8.73. The number of rotatable bonds is 11. The number of pyridine rings is 1. The van der Waals surface area contributed by atoms with Gasteiger partial charge >= 0.3 is 13.7 Å². The number of oxime groups is 1. The van der Waals surface area contributed by atoms with Crippen LogP contribution in [0.3, 0.4) is 0 Å². The Morgan fingerprint density at radius 1 is 1.30 bits per heavy atom. The Morgan fingerprint density at radius 3 is 2.72 bits per heavy atom. The van der Waals surface area contributed by atoms with Crippen molar-refractivity contribution in [1.29, 1.82) is 0 Å². The molecule has 0 radical (unpaired) electrons. The lowest BCUT2D eigenvalue weighted by atomic mass is 10.0. The summed E-state index contributed by atoms with van der Waals surface area (Å²) < 4.78 is 17.6. The molecular weight excluding hydrogens is 664 g/mol. The van der Waals surface area contributed by atoms with Crippen molar-refractivity contribution in [3.8, 4) is 11.3 Å². The van der Waals surface area contributed by atoms with Gasteiger partial charge in [-0.1, -0.05) is 16.9 Å². The molecule has 226 valence electrons. The van der Waals surface area contributed by atoms with Crippen molar-refractivity contribution in [2.45, 2.75) is 22.7 Å². The van der Waals surface area contributed by atoms with Crippen LogP contribution in [-0.4, -0.2) is 81.4 Å². The molecular formula is C22H22N8O8PS4+. The average Bonchev–Trinajstić information content (AvgIpc) is 3.60. The Balaban J connectivity index is 1.31. The molecule has 1 fully saturated rings. The second kappa shape index (κ2) is 12.7. The standard InChI is InChI=1S/C22H21N8O8PS4/c1-3-38-26-13(16-25-21(43-28-16)27-39(35,36)37)17(31)24-14-18(32)30-15(20(33)34)12(9-40-19(14)30)42-22-23-11(8-41-22)10-4-6-29(2)7-5-10/h4-8,14,19H,3,9H2,1-2H3,(H4-,24,25,27,28,31,33,34,35,36,37)/p+1/b26-13+/t14-,19-/m1/s1. The quantitative estimate of drug-likeness (QED) is 0.0630. The molecule has 2 aliphatic heterocycles. The molecule has 43 heavy (non-hydrogen) atoms. The molecule has 5 rings (SSSR count). The summed E-state index contributed by atoms with van der Waals surface area (Å²) in [6, 6.07) is 2.77. The largest absolute Gasteiger partial charge is 0.477 e. The van der Waals surface area contributed by atoms with E-state index in [0.717, 1.165) is 16.2 Å². The number of carbonyl (C=O) groups excluding carboxylic acids is 2. The van der Waals surface area contributed by atoms with Gasteiger partial charge in [-0.3, -0.25) is 19.6 Å². The number of nitrogens with one attached hydrogen (secondary N) is 2. The fraction of sp³-hybridized carbons (Fsp3) is 0.273. The number of hydrogen-bond acceptors (Lipinski definition) is 13. The molecule has 0 bridgehead atoms. The average molecular weight is 686 g/mol. The van der Waals surface area contributed by atoms with E-state index < -0.39 is 42.7 Å². The van der Waals surface area contributed by atoms with Gasteiger partial charge in [-0.05, 0) is 6.92 Å². The van der Waals surface area contributed by atoms with E-state index >= 15 is 0 Å². The van der Waals surface area contributed by atoms with Gasteiger partial charge in [-0.25, -0.2) is 18.9 Å². The SMILES string of the molecule is CCO/N=C(/C(=O)N[C@@H]1C(=O)N2C(C(=O)O)=C(Sc3nc(-c4cc[n+](C)cc4)cs3)CS[C@H]12)c1nsc(NP(=O)(O)O)n1. The van der Waals surface area contributed by atoms with Crippen LogP contribution in [-0.2, 0) is 30.8 Å². The summed E-state index contributed by atoms with van der Waals surface area (Å²) >= 11 is 4.40. The minimum atomic E-state index is -4.67. The number of β-lactam (4-membered cyclic amide) rings is 1. The highest BCUT2D eigenvalue weighted by Gasteiger charge is 2.54. The zero-order valence-electron chi connectivity index (χ0n) is 22.1. The van der Waals surface area contributed by atoms with Crippen LogP contribution in [0.25, 0.3) is 11.3 Å². The number of amides is 2. The maximum atomic E-state index is 13.2. The Hall–Kier alpha value is -3.39. The van der Waals surface area contributed by atoms with Gasteiger partial charge in [0.2, 0.25) is 16.7 Å². The minimum absolute atomic E-state index is 0.0843. The van der Waals surface area contributed by atoms with E-state index in [4.69, 9.17) is 14.6 Å². The van der Waals surface area contributed by atoms with Gasteiger partial charge in [0.05, 0.1) is 5.69 Å². The molecule has 0 unspecified atom stereocenters. The summed E-state index contributed by atoms with van der Waals surface area (Å²) in [6.45, 7) is 1.70. The third-order valence-electron chi connectivity index (χ3n) is 5.77. The molecule has 0 saturated carbocycles. The molecule has 2 amide bonds. The monoisotopic (exact) mass is 685 g/mol. The number of fused-ring (bicyclic) bond motifs is 1. The van der Waals surface area contributed by atoms with Crippen molar-refractivity contribution < 1.29 is 43.2 Å². The molecule has 3 aromatic rings. The van der Waals surface area contributed by atoms with E-state index in [2.05, 4.69) is 24.8 Å². The Labute approximate surface area is 259 Å². The predicted molar refractivity (Wildman–Crippen MR) is 158 cm³/mol. The summed E-state index contributed by atoms with van der Waals surface area (Å²) in [7, 11) is -2.77. The van der Waals surface area contributed by atoms with Gasteiger partial charge in [-0.2, -0.15) is 9.36 Å². The highest BCUT2D eigenvalue weighted by Crippen LogP contribution is 2.46. The molecule has 0 spiro atoms. The van der Waals surface area contributed by atoms with Gasteiger partial charge in [0.15, 0.2) is 16.7 Å². The van der Waals surface area contributed by atoms with Gasteiger partial charge in [0, 0.05) is 45.3 Å². The molecule has 1 saturated heterocycles. The molecule has 5 N–H and O–H groups in total. The van der Waals surface area contributed by atoms with Crippen molar-refractivity contribution in [1.82, 2.24) is 24.6 Å². The van der Waals surface area contributed by atoms with Crippen molar-refractivity contribution in [3.63, 3.8) is 0 Å². The molecule has 3 aromatic heterocycles. The smallest absolute Gasteiger partial charge is 0.429 e. The van der Waals surface area contributed by atoms with Gasteiger partial charge in [-0.15, -0.1) is 23.1 Å². The zero-order chi connectivity index (χ0) is 30.9. The lowest BCUT2D eigenvalue weighted by molar-refractivity contribution is -0.671. The first kappa shape index (κ1) is 31.0. The summed E-state index contributed by atoms with van der Waals surface area (Å²) in [4.78, 5) is 71.9. The minimum Gasteiger partial charge on any atom is -0.477 e. The molecule has 0 aliphatic carbocycles. The zero-order valence-corrected chi connectivity index (χ0v) is 26.3. The first-order chi connectivity index (χ1) is 20.4. The van der Waals surface area contributed by atoms with Crippen LogP contribution >= 0.6 is 54.1 Å². The number of carboxylic acids is 1.